The van der Waals surface area contributed by atoms with Crippen LogP contribution in [0.3, 0.4) is 0 Å². The zero-order valence-corrected chi connectivity index (χ0v) is 19.0. The Morgan fingerprint density at radius 1 is 0.514 bits per heavy atom. The molecule has 15 atom stereocenters. The van der Waals surface area contributed by atoms with Crippen molar-refractivity contribution in [2.75, 3.05) is 20.3 Å². The molecule has 15 heteroatoms. The lowest BCUT2D eigenvalue weighted by Gasteiger charge is -2.46. The quantitative estimate of drug-likeness (QED) is 0.144. The van der Waals surface area contributed by atoms with Gasteiger partial charge in [0.25, 0.3) is 0 Å². The van der Waals surface area contributed by atoms with Gasteiger partial charge in [0.15, 0.2) is 12.6 Å². The van der Waals surface area contributed by atoms with Crippen LogP contribution in [0.1, 0.15) is 12.8 Å². The van der Waals surface area contributed by atoms with E-state index in [-0.39, 0.29) is 12.8 Å². The van der Waals surface area contributed by atoms with Gasteiger partial charge in [0.1, 0.15) is 67.1 Å². The highest BCUT2D eigenvalue weighted by atomic mass is 16.7. The predicted molar refractivity (Wildman–Crippen MR) is 109 cm³/mol. The molecule has 3 aliphatic rings. The molecule has 0 amide bonds. The van der Waals surface area contributed by atoms with Crippen molar-refractivity contribution in [1.29, 1.82) is 0 Å². The third kappa shape index (κ3) is 5.95. The van der Waals surface area contributed by atoms with Crippen LogP contribution in [0.25, 0.3) is 0 Å². The van der Waals surface area contributed by atoms with E-state index in [0.717, 1.165) is 0 Å². The molecule has 206 valence electrons. The van der Waals surface area contributed by atoms with Crippen LogP contribution in [0.15, 0.2) is 0 Å². The highest BCUT2D eigenvalue weighted by Crippen LogP contribution is 2.32. The lowest BCUT2D eigenvalue weighted by Crippen LogP contribution is -2.64. The minimum Gasteiger partial charge on any atom is -0.394 e. The van der Waals surface area contributed by atoms with Crippen LogP contribution in [0.5, 0.6) is 0 Å². The van der Waals surface area contributed by atoms with Gasteiger partial charge in [-0.15, -0.1) is 0 Å². The molecule has 10 N–H and O–H groups in total. The Hall–Kier alpha value is -0.600. The third-order valence-corrected chi connectivity index (χ3v) is 6.74. The van der Waals surface area contributed by atoms with Crippen LogP contribution in [0.2, 0.25) is 0 Å². The topological polar surface area (TPSA) is 248 Å². The lowest BCUT2D eigenvalue weighted by atomic mass is 9.89. The average molecular weight is 516 g/mol. The van der Waals surface area contributed by atoms with E-state index in [1.165, 1.54) is 7.11 Å². The largest absolute Gasteiger partial charge is 0.394 e. The van der Waals surface area contributed by atoms with Crippen LogP contribution in [-0.2, 0) is 23.7 Å². The van der Waals surface area contributed by atoms with E-state index in [4.69, 9.17) is 23.7 Å². The maximum absolute atomic E-state index is 10.7. The second kappa shape index (κ2) is 12.3. The first kappa shape index (κ1) is 29.0. The van der Waals surface area contributed by atoms with Gasteiger partial charge in [0.2, 0.25) is 0 Å². The summed E-state index contributed by atoms with van der Waals surface area (Å²) in [5.74, 6) is 0. The van der Waals surface area contributed by atoms with E-state index in [1.54, 1.807) is 0 Å². The molecule has 0 bridgehead atoms. The molecule has 0 spiro atoms. The molecule has 0 saturated carbocycles. The predicted octanol–water partition coefficient (Wildman–Crippen LogP) is -6.11. The fraction of sp³-hybridized carbons (Fsp3) is 1.00. The van der Waals surface area contributed by atoms with Crippen molar-refractivity contribution in [3.8, 4) is 0 Å². The summed E-state index contributed by atoms with van der Waals surface area (Å²) < 4.78 is 26.8. The van der Waals surface area contributed by atoms with Crippen LogP contribution < -0.4 is 0 Å². The van der Waals surface area contributed by atoms with Gasteiger partial charge in [0.05, 0.1) is 25.4 Å². The molecule has 3 aliphatic heterocycles. The fourth-order valence-corrected chi connectivity index (χ4v) is 4.58. The molecule has 3 saturated heterocycles. The summed E-state index contributed by atoms with van der Waals surface area (Å²) in [6.07, 6.45) is -21.6. The van der Waals surface area contributed by atoms with Crippen molar-refractivity contribution < 1.29 is 74.7 Å². The number of aliphatic hydroxyl groups excluding tert-OH is 10. The molecule has 0 radical (unpaired) electrons. The number of hydrogen-bond acceptors (Lipinski definition) is 15. The Bertz CT molecular complexity index is 648. The van der Waals surface area contributed by atoms with Gasteiger partial charge in [-0.25, -0.2) is 0 Å². The summed E-state index contributed by atoms with van der Waals surface area (Å²) in [6.45, 7) is -1.38. The first-order valence-corrected chi connectivity index (χ1v) is 11.4. The van der Waals surface area contributed by atoms with Crippen molar-refractivity contribution in [3.63, 3.8) is 0 Å². The molecule has 3 rings (SSSR count). The molecule has 0 aromatic heterocycles. The summed E-state index contributed by atoms with van der Waals surface area (Å²) in [4.78, 5) is 0. The number of methoxy groups -OCH3 is 1. The van der Waals surface area contributed by atoms with E-state index >= 15 is 0 Å². The van der Waals surface area contributed by atoms with Gasteiger partial charge in [0, 0.05) is 7.11 Å². The maximum Gasteiger partial charge on any atom is 0.187 e. The maximum atomic E-state index is 10.7. The van der Waals surface area contributed by atoms with Gasteiger partial charge < -0.3 is 74.7 Å². The minimum atomic E-state index is -1.77. The number of rotatable bonds is 8. The van der Waals surface area contributed by atoms with Crippen molar-refractivity contribution >= 4 is 0 Å². The Morgan fingerprint density at radius 2 is 0.971 bits per heavy atom. The van der Waals surface area contributed by atoms with Crippen molar-refractivity contribution in [3.05, 3.63) is 0 Å². The summed E-state index contributed by atoms with van der Waals surface area (Å²) in [5, 5.41) is 100. The first-order valence-electron chi connectivity index (χ1n) is 11.4. The second-order valence-corrected chi connectivity index (χ2v) is 9.00. The molecule has 3 heterocycles. The van der Waals surface area contributed by atoms with Gasteiger partial charge in [-0.2, -0.15) is 0 Å². The monoisotopic (exact) mass is 516 g/mol. The second-order valence-electron chi connectivity index (χ2n) is 9.00. The molecule has 3 fully saturated rings. The van der Waals surface area contributed by atoms with E-state index in [1.807, 2.05) is 0 Å². The minimum absolute atomic E-state index is 0.00956. The van der Waals surface area contributed by atoms with Crippen molar-refractivity contribution in [2.24, 2.45) is 0 Å². The molecule has 0 unspecified atom stereocenters. The van der Waals surface area contributed by atoms with E-state index in [0.29, 0.717) is 0 Å². The molecule has 35 heavy (non-hydrogen) atoms. The first-order chi connectivity index (χ1) is 16.5. The third-order valence-electron chi connectivity index (χ3n) is 6.74. The van der Waals surface area contributed by atoms with E-state index < -0.39 is 105 Å². The average Bonchev–Trinajstić information content (AvgIpc) is 2.85. The number of ether oxygens (including phenoxy) is 5. The van der Waals surface area contributed by atoms with E-state index in [2.05, 4.69) is 0 Å². The van der Waals surface area contributed by atoms with Gasteiger partial charge in [-0.1, -0.05) is 0 Å². The fourth-order valence-electron chi connectivity index (χ4n) is 4.58. The molecule has 0 aromatic rings. The Balaban J connectivity index is 1.63. The normalized spacial score (nSPS) is 51.3. The zero-order valence-electron chi connectivity index (χ0n) is 19.0. The Labute approximate surface area is 200 Å². The SMILES string of the molecule is CO[C@H]1O[C@H](CC[C@@H]2O[C@H](CO)[C@@H](O[C@@H]3O[C@H](CO)[C@@H](O)[C@H](O)[C@H]3O)[C@H](O)[C@H]2O)[C@@H](O)[C@H](O)[C@H]1O. The van der Waals surface area contributed by atoms with Crippen LogP contribution in [0, 0.1) is 0 Å². The standard InChI is InChI=1S/C20H36O15/c1-31-19-16(29)13(26)10(23)7(33-19)3-2-6-11(24)15(28)18(9(5-22)32-6)35-20-17(30)14(27)12(25)8(4-21)34-20/h6-30H,2-5H2,1H3/t6-,7+,8+,9+,10+,11-,12+,13-,14-,15+,16+,17+,18+,19-,20-/m0/s1. The smallest absolute Gasteiger partial charge is 0.187 e. The van der Waals surface area contributed by atoms with Gasteiger partial charge >= 0.3 is 0 Å². The summed E-state index contributed by atoms with van der Waals surface area (Å²) in [5.41, 5.74) is 0. The highest BCUT2D eigenvalue weighted by Gasteiger charge is 2.51. The van der Waals surface area contributed by atoms with E-state index in [9.17, 15) is 51.1 Å². The number of aliphatic hydroxyl groups is 10. The molecular formula is C20H36O15. The van der Waals surface area contributed by atoms with Crippen LogP contribution >= 0.6 is 0 Å². The van der Waals surface area contributed by atoms with Gasteiger partial charge in [-0.05, 0) is 12.8 Å². The van der Waals surface area contributed by atoms with Crippen molar-refractivity contribution in [2.45, 2.75) is 105 Å². The molecular weight excluding hydrogens is 480 g/mol. The highest BCUT2D eigenvalue weighted by molar-refractivity contribution is 4.97. The zero-order chi connectivity index (χ0) is 26.0. The van der Waals surface area contributed by atoms with Crippen LogP contribution in [-0.4, -0.2) is 163 Å². The molecule has 0 aromatic carbocycles. The Kier molecular flexibility index (Phi) is 10.2. The summed E-state index contributed by atoms with van der Waals surface area (Å²) in [7, 11) is 1.25. The summed E-state index contributed by atoms with van der Waals surface area (Å²) in [6, 6.07) is 0. The Morgan fingerprint density at radius 3 is 1.51 bits per heavy atom. The number of hydrogen-bond donors (Lipinski definition) is 10. The van der Waals surface area contributed by atoms with Crippen molar-refractivity contribution in [1.82, 2.24) is 0 Å². The van der Waals surface area contributed by atoms with Gasteiger partial charge in [-0.3, -0.25) is 0 Å². The molecule has 0 aliphatic carbocycles. The molecule has 15 nitrogen and oxygen atoms in total. The summed E-state index contributed by atoms with van der Waals surface area (Å²) >= 11 is 0. The van der Waals surface area contributed by atoms with Crippen LogP contribution in [0.4, 0.5) is 0 Å². The lowest BCUT2D eigenvalue weighted by molar-refractivity contribution is -0.342.